The van der Waals surface area contributed by atoms with E-state index in [4.69, 9.17) is 10.5 Å². The third-order valence-electron chi connectivity index (χ3n) is 9.98. The number of esters is 1. The number of nitrogens with one attached hydrogen (secondary N) is 1. The Morgan fingerprint density at radius 1 is 1.22 bits per heavy atom. The molecular formula is C26H42N2O4. The number of allylic oxidation sites excluding steroid dienone is 1. The van der Waals surface area contributed by atoms with Crippen LogP contribution in [0.3, 0.4) is 0 Å². The first kappa shape index (κ1) is 23.9. The van der Waals surface area contributed by atoms with Crippen molar-refractivity contribution in [2.75, 3.05) is 19.6 Å². The van der Waals surface area contributed by atoms with Gasteiger partial charge in [0.25, 0.3) is 0 Å². The zero-order valence-corrected chi connectivity index (χ0v) is 20.1. The molecule has 0 heterocycles. The number of aliphatic hydroxyl groups is 1. The Labute approximate surface area is 192 Å². The lowest BCUT2D eigenvalue weighted by Crippen LogP contribution is -2.59. The van der Waals surface area contributed by atoms with E-state index in [1.807, 2.05) is 13.0 Å². The molecule has 3 fully saturated rings. The number of carbonyl (C=O) groups excluding carboxylic acids is 2. The lowest BCUT2D eigenvalue weighted by Gasteiger charge is -2.59. The van der Waals surface area contributed by atoms with Gasteiger partial charge in [-0.2, -0.15) is 0 Å². The molecule has 0 unspecified atom stereocenters. The molecule has 4 aliphatic rings. The number of fused-ring (bicyclic) bond motifs is 5. The molecule has 4 N–H and O–H groups in total. The van der Waals surface area contributed by atoms with Crippen molar-refractivity contribution in [2.24, 2.45) is 34.3 Å². The first-order valence-corrected chi connectivity index (χ1v) is 12.7. The summed E-state index contributed by atoms with van der Waals surface area (Å²) >= 11 is 0. The van der Waals surface area contributed by atoms with Crippen LogP contribution in [0.5, 0.6) is 0 Å². The quantitative estimate of drug-likeness (QED) is 0.410. The van der Waals surface area contributed by atoms with Crippen LogP contribution in [0.2, 0.25) is 0 Å². The van der Waals surface area contributed by atoms with E-state index >= 15 is 0 Å². The Morgan fingerprint density at radius 3 is 2.72 bits per heavy atom. The zero-order chi connectivity index (χ0) is 23.1. The maximum atomic E-state index is 12.4. The van der Waals surface area contributed by atoms with Gasteiger partial charge in [0, 0.05) is 11.8 Å². The summed E-state index contributed by atoms with van der Waals surface area (Å²) in [5.74, 6) is 1.57. The van der Waals surface area contributed by atoms with Crippen molar-refractivity contribution in [3.05, 3.63) is 11.6 Å². The van der Waals surface area contributed by atoms with Crippen molar-refractivity contribution >= 4 is 11.8 Å². The summed E-state index contributed by atoms with van der Waals surface area (Å²) in [6.45, 7) is 7.92. The van der Waals surface area contributed by atoms with Gasteiger partial charge in [-0.15, -0.1) is 0 Å². The Balaban J connectivity index is 1.47. The molecule has 0 aromatic rings. The van der Waals surface area contributed by atoms with Gasteiger partial charge >= 0.3 is 5.97 Å². The van der Waals surface area contributed by atoms with E-state index in [0.29, 0.717) is 49.5 Å². The molecule has 32 heavy (non-hydrogen) atoms. The molecule has 0 aromatic heterocycles. The second-order valence-electron chi connectivity index (χ2n) is 11.3. The summed E-state index contributed by atoms with van der Waals surface area (Å²) in [5, 5.41) is 15.0. The molecule has 0 aromatic carbocycles. The second-order valence-corrected chi connectivity index (χ2v) is 11.3. The topological polar surface area (TPSA) is 102 Å². The molecule has 6 heteroatoms. The standard InChI is InChI=1S/C26H42N2O4/c1-17(32-23(30)16-28-14-4-13-27)26(31)12-9-22-20-6-5-18-15-19(29)7-10-24(18,2)21(20)8-11-25(22,26)3/h15,17,20-22,28,31H,4-14,16,27H2,1-3H3/t17-,20-,21+,22+,24+,25+,26+/m1/s1. The normalized spacial score (nSPS) is 41.8. The second kappa shape index (κ2) is 8.84. The van der Waals surface area contributed by atoms with Gasteiger partial charge in [0.05, 0.1) is 6.54 Å². The van der Waals surface area contributed by atoms with E-state index in [0.717, 1.165) is 44.9 Å². The van der Waals surface area contributed by atoms with E-state index in [1.54, 1.807) is 0 Å². The van der Waals surface area contributed by atoms with Gasteiger partial charge in [-0.25, -0.2) is 0 Å². The van der Waals surface area contributed by atoms with E-state index in [-0.39, 0.29) is 23.3 Å². The summed E-state index contributed by atoms with van der Waals surface area (Å²) in [6, 6.07) is 0. The Morgan fingerprint density at radius 2 is 1.97 bits per heavy atom. The van der Waals surface area contributed by atoms with Gasteiger partial charge < -0.3 is 20.9 Å². The van der Waals surface area contributed by atoms with Gasteiger partial charge in [-0.1, -0.05) is 19.4 Å². The molecule has 0 aliphatic heterocycles. The minimum absolute atomic E-state index is 0.131. The maximum absolute atomic E-state index is 12.4. The predicted molar refractivity (Wildman–Crippen MR) is 124 cm³/mol. The maximum Gasteiger partial charge on any atom is 0.320 e. The number of hydrogen-bond donors (Lipinski definition) is 3. The van der Waals surface area contributed by atoms with Crippen molar-refractivity contribution in [3.63, 3.8) is 0 Å². The Hall–Kier alpha value is -1.24. The van der Waals surface area contributed by atoms with Crippen molar-refractivity contribution in [1.29, 1.82) is 0 Å². The average Bonchev–Trinajstić information content (AvgIpc) is 3.04. The van der Waals surface area contributed by atoms with Gasteiger partial charge in [-0.3, -0.25) is 9.59 Å². The van der Waals surface area contributed by atoms with Crippen LogP contribution in [0.1, 0.15) is 78.6 Å². The average molecular weight is 447 g/mol. The summed E-state index contributed by atoms with van der Waals surface area (Å²) in [4.78, 5) is 24.4. The van der Waals surface area contributed by atoms with E-state index in [1.165, 1.54) is 5.57 Å². The van der Waals surface area contributed by atoms with Crippen molar-refractivity contribution < 1.29 is 19.4 Å². The molecular weight excluding hydrogens is 404 g/mol. The summed E-state index contributed by atoms with van der Waals surface area (Å²) in [7, 11) is 0. The summed E-state index contributed by atoms with van der Waals surface area (Å²) in [6.07, 6.45) is 9.68. The minimum Gasteiger partial charge on any atom is -0.459 e. The molecule has 180 valence electrons. The molecule has 0 radical (unpaired) electrons. The first-order valence-electron chi connectivity index (χ1n) is 12.7. The molecule has 0 bridgehead atoms. The smallest absolute Gasteiger partial charge is 0.320 e. The number of rotatable bonds is 7. The fraction of sp³-hybridized carbons (Fsp3) is 0.846. The molecule has 7 atom stereocenters. The molecule has 4 aliphatic carbocycles. The van der Waals surface area contributed by atoms with Crippen LogP contribution in [-0.2, 0) is 14.3 Å². The molecule has 0 saturated heterocycles. The third-order valence-corrected chi connectivity index (χ3v) is 9.98. The van der Waals surface area contributed by atoms with Crippen LogP contribution < -0.4 is 11.1 Å². The predicted octanol–water partition coefficient (Wildman–Crippen LogP) is 3.12. The van der Waals surface area contributed by atoms with Crippen LogP contribution in [0, 0.1) is 28.6 Å². The largest absolute Gasteiger partial charge is 0.459 e. The number of nitrogens with two attached hydrogens (primary N) is 1. The SMILES string of the molecule is C[C@@H](OC(=O)CNCCCN)[C@@]1(O)CC[C@H]2[C@@H]3CCC4=CC(=O)CC[C@]4(C)[C@H]3CC[C@@]21C. The van der Waals surface area contributed by atoms with Crippen molar-refractivity contribution in [2.45, 2.75) is 90.3 Å². The Bertz CT molecular complexity index is 782. The molecule has 6 nitrogen and oxygen atoms in total. The monoisotopic (exact) mass is 446 g/mol. The molecule has 0 spiro atoms. The highest BCUT2D eigenvalue weighted by Gasteiger charge is 2.66. The van der Waals surface area contributed by atoms with Gasteiger partial charge in [-0.05, 0) is 101 Å². The third kappa shape index (κ3) is 3.76. The van der Waals surface area contributed by atoms with Crippen LogP contribution in [0.25, 0.3) is 0 Å². The van der Waals surface area contributed by atoms with Crippen molar-refractivity contribution in [1.82, 2.24) is 5.32 Å². The molecule has 3 saturated carbocycles. The minimum atomic E-state index is -0.991. The van der Waals surface area contributed by atoms with Crippen LogP contribution in [0.4, 0.5) is 0 Å². The highest BCUT2D eigenvalue weighted by atomic mass is 16.6. The van der Waals surface area contributed by atoms with Crippen LogP contribution in [0.15, 0.2) is 11.6 Å². The number of ketones is 1. The fourth-order valence-electron chi connectivity index (χ4n) is 8.03. The van der Waals surface area contributed by atoms with E-state index in [2.05, 4.69) is 19.2 Å². The molecule has 4 rings (SSSR count). The van der Waals surface area contributed by atoms with Crippen molar-refractivity contribution in [3.8, 4) is 0 Å². The Kier molecular flexibility index (Phi) is 6.61. The number of ether oxygens (including phenoxy) is 1. The number of carbonyl (C=O) groups is 2. The van der Waals surface area contributed by atoms with Crippen LogP contribution >= 0.6 is 0 Å². The van der Waals surface area contributed by atoms with Gasteiger partial charge in [0.1, 0.15) is 11.7 Å². The molecule has 0 amide bonds. The van der Waals surface area contributed by atoms with E-state index in [9.17, 15) is 14.7 Å². The fourth-order valence-corrected chi connectivity index (χ4v) is 8.03. The number of hydrogen-bond acceptors (Lipinski definition) is 6. The summed E-state index contributed by atoms with van der Waals surface area (Å²) in [5.41, 5.74) is 5.76. The highest BCUT2D eigenvalue weighted by molar-refractivity contribution is 5.91. The van der Waals surface area contributed by atoms with Crippen LogP contribution in [-0.4, -0.2) is 48.2 Å². The van der Waals surface area contributed by atoms with Gasteiger partial charge in [0.15, 0.2) is 5.78 Å². The lowest BCUT2D eigenvalue weighted by molar-refractivity contribution is -0.193. The first-order chi connectivity index (χ1) is 15.2. The zero-order valence-electron chi connectivity index (χ0n) is 20.1. The van der Waals surface area contributed by atoms with E-state index < -0.39 is 11.7 Å². The van der Waals surface area contributed by atoms with Gasteiger partial charge in [0.2, 0.25) is 0 Å². The summed E-state index contributed by atoms with van der Waals surface area (Å²) < 4.78 is 5.76. The lowest BCUT2D eigenvalue weighted by atomic mass is 9.46. The highest BCUT2D eigenvalue weighted by Crippen LogP contribution is 2.68.